The molecule has 0 bridgehead atoms. The van der Waals surface area contributed by atoms with E-state index in [2.05, 4.69) is 92.0 Å². The monoisotopic (exact) mass is 398 g/mol. The maximum absolute atomic E-state index is 6.66. The van der Waals surface area contributed by atoms with Crippen molar-refractivity contribution in [2.24, 2.45) is 0 Å². The van der Waals surface area contributed by atoms with E-state index in [1.54, 1.807) is 0 Å². The van der Waals surface area contributed by atoms with E-state index < -0.39 is 17.0 Å². The third kappa shape index (κ3) is 5.70. The van der Waals surface area contributed by atoms with Gasteiger partial charge < -0.3 is 14.1 Å². The third-order valence-electron chi connectivity index (χ3n) is 4.53. The van der Waals surface area contributed by atoms with Crippen molar-refractivity contribution in [2.45, 2.75) is 67.7 Å². The topological polar surface area (TPSA) is 37.4 Å². The molecule has 2 rings (SSSR count). The molecule has 148 valence electrons. The first-order chi connectivity index (χ1) is 12.3. The molecule has 0 aliphatic carbocycles. The van der Waals surface area contributed by atoms with Crippen molar-refractivity contribution in [1.29, 1.82) is 0 Å². The molecule has 0 aromatic heterocycles. The SMILES string of the molecule is Cc1cc(C)c([N-][Si](C)(C)O[Si](C)(C)[N-]c2c(C)cc(C)cc2C)c(C)c1. The largest absolute Gasteiger partial charge is 0.666 e. The number of aryl methyl sites for hydroxylation is 6. The lowest BCUT2D eigenvalue weighted by Gasteiger charge is -2.52. The number of nitrogens with zero attached hydrogens (tertiary/aromatic N) is 2. The fraction of sp³-hybridized carbons (Fsp3) is 0.455. The van der Waals surface area contributed by atoms with Crippen LogP contribution >= 0.6 is 0 Å². The fourth-order valence-corrected chi connectivity index (χ4v) is 10.9. The minimum absolute atomic E-state index is 1.09. The molecule has 3 nitrogen and oxygen atoms in total. The van der Waals surface area contributed by atoms with Crippen LogP contribution < -0.4 is 0 Å². The molecule has 0 saturated heterocycles. The van der Waals surface area contributed by atoms with Gasteiger partial charge in [0.2, 0.25) is 0 Å². The average molecular weight is 399 g/mol. The molecule has 0 fully saturated rings. The molecule has 0 saturated carbocycles. The summed E-state index contributed by atoms with van der Waals surface area (Å²) in [5.41, 5.74) is 9.61. The van der Waals surface area contributed by atoms with E-state index in [0.29, 0.717) is 0 Å². The lowest BCUT2D eigenvalue weighted by atomic mass is 10.1. The summed E-state index contributed by atoms with van der Waals surface area (Å²) in [5.74, 6) is 0. The highest BCUT2D eigenvalue weighted by Gasteiger charge is 2.20. The summed E-state index contributed by atoms with van der Waals surface area (Å²) in [6.07, 6.45) is 0. The van der Waals surface area contributed by atoms with Crippen molar-refractivity contribution in [3.8, 4) is 0 Å². The molecular formula is C22H34N2OSi2-2. The van der Waals surface area contributed by atoms with E-state index in [1.165, 1.54) is 33.4 Å². The first-order valence-electron chi connectivity index (χ1n) is 9.61. The molecule has 0 radical (unpaired) electrons. The standard InChI is InChI=1S/C22H34N2OSi2/c1-15-11-17(3)21(18(4)12-15)23-26(7,8)25-27(9,10)24-22-19(5)13-16(2)14-20(22)6/h11-14H,1-10H3/q-2. The molecule has 27 heavy (non-hydrogen) atoms. The second-order valence-corrected chi connectivity index (χ2v) is 15.8. The van der Waals surface area contributed by atoms with E-state index >= 15 is 0 Å². The maximum atomic E-state index is 6.66. The van der Waals surface area contributed by atoms with Crippen molar-refractivity contribution < 1.29 is 4.12 Å². The molecule has 0 aliphatic rings. The highest BCUT2D eigenvalue weighted by molar-refractivity contribution is 6.90. The second-order valence-electron chi connectivity index (χ2n) is 8.71. The Morgan fingerprint density at radius 3 is 1.07 bits per heavy atom. The van der Waals surface area contributed by atoms with Gasteiger partial charge in [0.15, 0.2) is 0 Å². The fourth-order valence-electron chi connectivity index (χ4n) is 3.89. The molecule has 2 aromatic rings. The summed E-state index contributed by atoms with van der Waals surface area (Å²) < 4.78 is 6.66. The van der Waals surface area contributed by atoms with Gasteiger partial charge in [-0.3, -0.25) is 0 Å². The Bertz CT molecular complexity index is 729. The van der Waals surface area contributed by atoms with Crippen LogP contribution in [0.5, 0.6) is 0 Å². The predicted octanol–water partition coefficient (Wildman–Crippen LogP) is 7.67. The zero-order chi connectivity index (χ0) is 20.6. The molecule has 0 N–H and O–H groups in total. The van der Waals surface area contributed by atoms with Crippen LogP contribution in [0.15, 0.2) is 24.3 Å². The molecular weight excluding hydrogens is 364 g/mol. The molecule has 0 spiro atoms. The maximum Gasteiger partial charge on any atom is 0.0804 e. The molecule has 0 unspecified atom stereocenters. The van der Waals surface area contributed by atoms with Crippen LogP contribution in [-0.4, -0.2) is 17.0 Å². The second kappa shape index (κ2) is 7.82. The number of benzene rings is 2. The van der Waals surface area contributed by atoms with Gasteiger partial charge in [-0.15, -0.1) is 11.4 Å². The Morgan fingerprint density at radius 1 is 0.556 bits per heavy atom. The highest BCUT2D eigenvalue weighted by Crippen LogP contribution is 2.39. The average Bonchev–Trinajstić information content (AvgIpc) is 2.45. The van der Waals surface area contributed by atoms with Gasteiger partial charge in [0.05, 0.1) is 17.0 Å². The van der Waals surface area contributed by atoms with Gasteiger partial charge in [-0.25, -0.2) is 0 Å². The Hall–Kier alpha value is -1.57. The summed E-state index contributed by atoms with van der Waals surface area (Å²) in [6.45, 7) is 21.5. The van der Waals surface area contributed by atoms with Crippen molar-refractivity contribution in [1.82, 2.24) is 0 Å². The Kier molecular flexibility index (Phi) is 6.29. The van der Waals surface area contributed by atoms with Crippen molar-refractivity contribution in [3.63, 3.8) is 0 Å². The van der Waals surface area contributed by atoms with Crippen LogP contribution in [0.4, 0.5) is 11.4 Å². The Balaban J connectivity index is 2.21. The zero-order valence-electron chi connectivity index (χ0n) is 18.6. The molecule has 0 amide bonds. The van der Waals surface area contributed by atoms with Crippen LogP contribution in [0.25, 0.3) is 9.96 Å². The summed E-state index contributed by atoms with van der Waals surface area (Å²) in [7, 11) is -4.53. The first kappa shape index (κ1) is 21.7. The molecule has 0 aliphatic heterocycles. The van der Waals surface area contributed by atoms with Crippen LogP contribution in [0, 0.1) is 41.5 Å². The summed E-state index contributed by atoms with van der Waals surface area (Å²) >= 11 is 0. The molecule has 0 atom stereocenters. The van der Waals surface area contributed by atoms with Gasteiger partial charge >= 0.3 is 0 Å². The predicted molar refractivity (Wildman–Crippen MR) is 123 cm³/mol. The van der Waals surface area contributed by atoms with Crippen LogP contribution in [-0.2, 0) is 4.12 Å². The summed E-state index contributed by atoms with van der Waals surface area (Å²) in [4.78, 5) is 10.2. The van der Waals surface area contributed by atoms with E-state index in [0.717, 1.165) is 11.4 Å². The van der Waals surface area contributed by atoms with Crippen molar-refractivity contribution >= 4 is 28.3 Å². The van der Waals surface area contributed by atoms with Gasteiger partial charge in [0, 0.05) is 0 Å². The Morgan fingerprint density at radius 2 is 0.815 bits per heavy atom. The highest BCUT2D eigenvalue weighted by atomic mass is 28.4. The quantitative estimate of drug-likeness (QED) is 0.460. The van der Waals surface area contributed by atoms with E-state index in [1.807, 2.05) is 0 Å². The van der Waals surface area contributed by atoms with Crippen LogP contribution in [0.3, 0.4) is 0 Å². The number of hydrogen-bond acceptors (Lipinski definition) is 1. The minimum Gasteiger partial charge on any atom is -0.666 e. The van der Waals surface area contributed by atoms with Crippen LogP contribution in [0.2, 0.25) is 26.2 Å². The number of hydrogen-bond donors (Lipinski definition) is 0. The third-order valence-corrected chi connectivity index (χ3v) is 10.1. The number of rotatable bonds is 6. The van der Waals surface area contributed by atoms with E-state index in [4.69, 9.17) is 14.1 Å². The molecule has 2 aromatic carbocycles. The van der Waals surface area contributed by atoms with Gasteiger partial charge in [-0.1, -0.05) is 83.8 Å². The van der Waals surface area contributed by atoms with Gasteiger partial charge in [0.25, 0.3) is 0 Å². The lowest BCUT2D eigenvalue weighted by molar-refractivity contribution is 0.566. The normalized spacial score (nSPS) is 12.2. The van der Waals surface area contributed by atoms with Gasteiger partial charge in [0.1, 0.15) is 0 Å². The first-order valence-corrected chi connectivity index (χ1v) is 15.3. The van der Waals surface area contributed by atoms with Crippen molar-refractivity contribution in [3.05, 3.63) is 67.6 Å². The van der Waals surface area contributed by atoms with Crippen LogP contribution in [0.1, 0.15) is 33.4 Å². The smallest absolute Gasteiger partial charge is 0.0804 e. The lowest BCUT2D eigenvalue weighted by Crippen LogP contribution is -2.43. The molecule has 5 heteroatoms. The van der Waals surface area contributed by atoms with Gasteiger partial charge in [-0.2, -0.15) is 0 Å². The van der Waals surface area contributed by atoms with E-state index in [9.17, 15) is 0 Å². The van der Waals surface area contributed by atoms with Gasteiger partial charge in [-0.05, 0) is 41.5 Å². The van der Waals surface area contributed by atoms with E-state index in [-0.39, 0.29) is 0 Å². The zero-order valence-corrected chi connectivity index (χ0v) is 20.6. The van der Waals surface area contributed by atoms with Crippen molar-refractivity contribution in [2.75, 3.05) is 0 Å². The Labute approximate surface area is 168 Å². The summed E-state index contributed by atoms with van der Waals surface area (Å²) in [5, 5.41) is 0. The minimum atomic E-state index is -2.27. The summed E-state index contributed by atoms with van der Waals surface area (Å²) in [6, 6.07) is 8.79. The molecule has 0 heterocycles.